The molecule has 0 aliphatic carbocycles. The lowest BCUT2D eigenvalue weighted by molar-refractivity contribution is 0.349. The zero-order chi connectivity index (χ0) is 9.28. The van der Waals surface area contributed by atoms with Crippen molar-refractivity contribution >= 4 is 15.2 Å². The highest BCUT2D eigenvalue weighted by molar-refractivity contribution is 7.56. The number of rotatable bonds is 3. The number of hydrogen-bond donors (Lipinski definition) is 4. The lowest BCUT2D eigenvalue weighted by atomic mass is 10.6. The molecular formula is C3H10O6P2. The summed E-state index contributed by atoms with van der Waals surface area (Å²) in [7, 11) is -8.66. The first kappa shape index (κ1) is 11.3. The van der Waals surface area contributed by atoms with E-state index in [0.717, 1.165) is 6.92 Å². The molecule has 4 N–H and O–H groups in total. The Bertz CT molecular complexity index is 212. The Morgan fingerprint density at radius 2 is 1.55 bits per heavy atom. The quantitative estimate of drug-likeness (QED) is 0.470. The third-order valence-electron chi connectivity index (χ3n) is 1.08. The van der Waals surface area contributed by atoms with Crippen LogP contribution in [0.25, 0.3) is 0 Å². The molecule has 1 atom stereocenters. The molecule has 0 aromatic rings. The molecule has 0 saturated carbocycles. The smallest absolute Gasteiger partial charge is 0.324 e. The van der Waals surface area contributed by atoms with Crippen LogP contribution < -0.4 is 0 Å². The molecule has 0 bridgehead atoms. The van der Waals surface area contributed by atoms with Gasteiger partial charge in [-0.05, 0) is 0 Å². The van der Waals surface area contributed by atoms with Crippen molar-refractivity contribution in [3.05, 3.63) is 0 Å². The Morgan fingerprint density at radius 1 is 1.18 bits per heavy atom. The van der Waals surface area contributed by atoms with Crippen molar-refractivity contribution in [3.63, 3.8) is 0 Å². The molecular weight excluding hydrogens is 194 g/mol. The summed E-state index contributed by atoms with van der Waals surface area (Å²) in [5.41, 5.74) is -1.29. The van der Waals surface area contributed by atoms with Crippen LogP contribution in [0.4, 0.5) is 0 Å². The van der Waals surface area contributed by atoms with Gasteiger partial charge in [-0.25, -0.2) is 0 Å². The fourth-order valence-electron chi connectivity index (χ4n) is 0.451. The van der Waals surface area contributed by atoms with E-state index < -0.39 is 27.0 Å². The summed E-state index contributed by atoms with van der Waals surface area (Å²) < 4.78 is 20.6. The highest BCUT2D eigenvalue weighted by Gasteiger charge is 2.30. The molecule has 0 fully saturated rings. The van der Waals surface area contributed by atoms with Crippen LogP contribution in [0.3, 0.4) is 0 Å². The molecule has 0 unspecified atom stereocenters. The van der Waals surface area contributed by atoms with Gasteiger partial charge in [0.15, 0.2) is 0 Å². The minimum atomic E-state index is -4.35. The van der Waals surface area contributed by atoms with Crippen molar-refractivity contribution in [3.8, 4) is 0 Å². The van der Waals surface area contributed by atoms with Gasteiger partial charge in [-0.1, -0.05) is 6.92 Å². The highest BCUT2D eigenvalue weighted by Crippen LogP contribution is 2.48. The van der Waals surface area contributed by atoms with Crippen molar-refractivity contribution in [2.24, 2.45) is 0 Å². The summed E-state index contributed by atoms with van der Waals surface area (Å²) in [5.74, 6) is 0. The van der Waals surface area contributed by atoms with Gasteiger partial charge in [0.2, 0.25) is 0 Å². The van der Waals surface area contributed by atoms with E-state index in [4.69, 9.17) is 19.6 Å². The Balaban J connectivity index is 4.22. The average molecular weight is 204 g/mol. The monoisotopic (exact) mass is 204 g/mol. The molecule has 0 aromatic carbocycles. The normalized spacial score (nSPS) is 16.5. The lowest BCUT2D eigenvalue weighted by Crippen LogP contribution is -2.09. The summed E-state index contributed by atoms with van der Waals surface area (Å²) in [6, 6.07) is 0. The van der Waals surface area contributed by atoms with Gasteiger partial charge in [0.1, 0.15) is 0 Å². The third kappa shape index (κ3) is 5.56. The molecule has 0 spiro atoms. The van der Waals surface area contributed by atoms with Crippen LogP contribution in [-0.4, -0.2) is 31.4 Å². The SMILES string of the molecule is C[C@H](CP(=O)(O)O)P(=O)(O)O. The van der Waals surface area contributed by atoms with Crippen molar-refractivity contribution < 1.29 is 28.7 Å². The first-order valence-corrected chi connectivity index (χ1v) is 6.20. The standard InChI is InChI=1S/C3H10O6P2/c1-3(11(7,8)9)2-10(4,5)6/h3H,2H2,1H3,(H2,4,5,6)(H2,7,8,9)/t3-/m1/s1. The van der Waals surface area contributed by atoms with Gasteiger partial charge in [-0.2, -0.15) is 0 Å². The van der Waals surface area contributed by atoms with Gasteiger partial charge in [0.25, 0.3) is 0 Å². The zero-order valence-electron chi connectivity index (χ0n) is 5.78. The van der Waals surface area contributed by atoms with E-state index in [2.05, 4.69) is 0 Å². The van der Waals surface area contributed by atoms with Crippen molar-refractivity contribution in [1.29, 1.82) is 0 Å². The minimum absolute atomic E-state index is 0.780. The van der Waals surface area contributed by atoms with Crippen LogP contribution >= 0.6 is 15.2 Å². The van der Waals surface area contributed by atoms with E-state index in [0.29, 0.717) is 0 Å². The Hall–Kier alpha value is 0.300. The second kappa shape index (κ2) is 3.35. The largest absolute Gasteiger partial charge is 0.328 e. The lowest BCUT2D eigenvalue weighted by Gasteiger charge is -2.13. The van der Waals surface area contributed by atoms with Crippen LogP contribution in [0.15, 0.2) is 0 Å². The maximum Gasteiger partial charge on any atom is 0.328 e. The Morgan fingerprint density at radius 3 is 1.64 bits per heavy atom. The van der Waals surface area contributed by atoms with Crippen LogP contribution in [0.1, 0.15) is 6.92 Å². The second-order valence-electron chi connectivity index (χ2n) is 2.29. The summed E-state index contributed by atoms with van der Waals surface area (Å²) in [6.07, 6.45) is -0.780. The fourth-order valence-corrected chi connectivity index (χ4v) is 2.63. The molecule has 0 amide bonds. The van der Waals surface area contributed by atoms with E-state index in [1.54, 1.807) is 0 Å². The predicted octanol–water partition coefficient (Wildman–Crippen LogP) is -0.270. The van der Waals surface area contributed by atoms with Crippen molar-refractivity contribution in [2.45, 2.75) is 12.6 Å². The van der Waals surface area contributed by atoms with Crippen molar-refractivity contribution in [1.82, 2.24) is 0 Å². The highest BCUT2D eigenvalue weighted by atomic mass is 31.2. The van der Waals surface area contributed by atoms with Gasteiger partial charge in [0.05, 0.1) is 11.8 Å². The summed E-state index contributed by atoms with van der Waals surface area (Å²) in [5, 5.41) is 0. The van der Waals surface area contributed by atoms with Gasteiger partial charge in [-0.15, -0.1) is 0 Å². The first-order valence-electron chi connectivity index (χ1n) is 2.73. The fraction of sp³-hybridized carbons (Fsp3) is 1.00. The van der Waals surface area contributed by atoms with E-state index >= 15 is 0 Å². The maximum atomic E-state index is 10.4. The van der Waals surface area contributed by atoms with E-state index in [9.17, 15) is 9.13 Å². The van der Waals surface area contributed by atoms with Crippen molar-refractivity contribution in [2.75, 3.05) is 6.16 Å². The molecule has 0 radical (unpaired) electrons. The molecule has 6 nitrogen and oxygen atoms in total. The topological polar surface area (TPSA) is 115 Å². The molecule has 0 saturated heterocycles. The van der Waals surface area contributed by atoms with Crippen LogP contribution in [-0.2, 0) is 9.13 Å². The molecule has 0 aliphatic heterocycles. The molecule has 0 aromatic heterocycles. The minimum Gasteiger partial charge on any atom is -0.324 e. The van der Waals surface area contributed by atoms with Crippen LogP contribution in [0.2, 0.25) is 0 Å². The summed E-state index contributed by atoms with van der Waals surface area (Å²) in [6.45, 7) is 1.10. The van der Waals surface area contributed by atoms with E-state index in [1.165, 1.54) is 0 Å². The summed E-state index contributed by atoms with van der Waals surface area (Å²) >= 11 is 0. The van der Waals surface area contributed by atoms with Gasteiger partial charge in [-0.3, -0.25) is 9.13 Å². The van der Waals surface area contributed by atoms with E-state index in [1.807, 2.05) is 0 Å². The second-order valence-corrected chi connectivity index (χ2v) is 6.04. The molecule has 0 rings (SSSR count). The molecule has 0 heterocycles. The number of hydrogen-bond acceptors (Lipinski definition) is 2. The molecule has 0 aliphatic rings. The average Bonchev–Trinajstić information content (AvgIpc) is 1.56. The first-order chi connectivity index (χ1) is 4.63. The molecule has 68 valence electrons. The molecule has 11 heavy (non-hydrogen) atoms. The predicted molar refractivity (Wildman–Crippen MR) is 38.4 cm³/mol. The van der Waals surface area contributed by atoms with Gasteiger partial charge >= 0.3 is 15.2 Å². The van der Waals surface area contributed by atoms with E-state index in [-0.39, 0.29) is 0 Å². The maximum absolute atomic E-state index is 10.4. The van der Waals surface area contributed by atoms with Gasteiger partial charge < -0.3 is 19.6 Å². The summed E-state index contributed by atoms with van der Waals surface area (Å²) in [4.78, 5) is 33.5. The Kier molecular flexibility index (Phi) is 3.44. The third-order valence-corrected chi connectivity index (χ3v) is 3.72. The zero-order valence-corrected chi connectivity index (χ0v) is 7.57. The van der Waals surface area contributed by atoms with Crippen LogP contribution in [0.5, 0.6) is 0 Å². The Labute approximate surface area is 63.6 Å². The van der Waals surface area contributed by atoms with Gasteiger partial charge in [0, 0.05) is 0 Å². The van der Waals surface area contributed by atoms with Crippen LogP contribution in [0, 0.1) is 0 Å². The molecule has 8 heteroatoms.